The molecule has 0 radical (unpaired) electrons. The highest BCUT2D eigenvalue weighted by Crippen LogP contribution is 2.41. The van der Waals surface area contributed by atoms with E-state index in [9.17, 15) is 0 Å². The molecule has 0 aromatic heterocycles. The number of piperidine rings is 1. The predicted octanol–water partition coefficient (Wildman–Crippen LogP) is 2.52. The van der Waals surface area contributed by atoms with E-state index in [1.807, 2.05) is 6.07 Å². The van der Waals surface area contributed by atoms with Gasteiger partial charge in [-0.15, -0.1) is 0 Å². The van der Waals surface area contributed by atoms with Crippen molar-refractivity contribution in [2.45, 2.75) is 25.3 Å². The van der Waals surface area contributed by atoms with Crippen LogP contribution in [0, 0.1) is 6.92 Å². The molecular formula is C12H15ClN2. The van der Waals surface area contributed by atoms with Gasteiger partial charge in [-0.3, -0.25) is 0 Å². The number of aryl methyl sites for hydroxylation is 1. The smallest absolute Gasteiger partial charge is 0.0413 e. The maximum absolute atomic E-state index is 6.11. The van der Waals surface area contributed by atoms with Crippen molar-refractivity contribution in [2.24, 2.45) is 0 Å². The second-order valence-electron chi connectivity index (χ2n) is 4.54. The van der Waals surface area contributed by atoms with Gasteiger partial charge in [0.25, 0.3) is 0 Å². The fraction of sp³-hybridized carbons (Fsp3) is 0.500. The molecule has 1 fully saturated rings. The normalized spacial score (nSPS) is 28.1. The Labute approximate surface area is 95.0 Å². The van der Waals surface area contributed by atoms with Gasteiger partial charge in [0.15, 0.2) is 0 Å². The molecule has 3 heteroatoms. The van der Waals surface area contributed by atoms with Gasteiger partial charge in [0.2, 0.25) is 0 Å². The number of hydrogen-bond acceptors (Lipinski definition) is 2. The third kappa shape index (κ3) is 1.44. The molecule has 2 unspecified atom stereocenters. The first-order chi connectivity index (χ1) is 7.25. The summed E-state index contributed by atoms with van der Waals surface area (Å²) in [5.74, 6) is 0.603. The van der Waals surface area contributed by atoms with Crippen LogP contribution in [0.4, 0.5) is 5.69 Å². The second kappa shape index (κ2) is 3.39. The summed E-state index contributed by atoms with van der Waals surface area (Å²) in [6.07, 6.45) is 1.20. The average molecular weight is 223 g/mol. The van der Waals surface area contributed by atoms with Crippen molar-refractivity contribution in [3.63, 3.8) is 0 Å². The van der Waals surface area contributed by atoms with Crippen LogP contribution in [0.3, 0.4) is 0 Å². The van der Waals surface area contributed by atoms with E-state index in [0.717, 1.165) is 18.1 Å². The maximum Gasteiger partial charge on any atom is 0.0413 e. The topological polar surface area (TPSA) is 24.1 Å². The van der Waals surface area contributed by atoms with Crippen LogP contribution in [0.2, 0.25) is 5.02 Å². The van der Waals surface area contributed by atoms with Gasteiger partial charge in [0.1, 0.15) is 0 Å². The van der Waals surface area contributed by atoms with Crippen LogP contribution in [0.15, 0.2) is 12.1 Å². The van der Waals surface area contributed by atoms with Crippen LogP contribution in [0.5, 0.6) is 0 Å². The van der Waals surface area contributed by atoms with Crippen LogP contribution >= 0.6 is 11.6 Å². The molecule has 3 rings (SSSR count). The van der Waals surface area contributed by atoms with Crippen molar-refractivity contribution in [1.29, 1.82) is 0 Å². The van der Waals surface area contributed by atoms with Crippen molar-refractivity contribution in [3.05, 3.63) is 28.3 Å². The number of nitrogens with one attached hydrogen (secondary N) is 2. The number of halogens is 1. The van der Waals surface area contributed by atoms with Gasteiger partial charge in [-0.05, 0) is 43.1 Å². The molecule has 2 aliphatic heterocycles. The average Bonchev–Trinajstić information content (AvgIpc) is 2.57. The number of hydrogen-bond donors (Lipinski definition) is 2. The lowest BCUT2D eigenvalue weighted by Crippen LogP contribution is -2.38. The van der Waals surface area contributed by atoms with Crippen LogP contribution in [0.1, 0.15) is 23.5 Å². The zero-order valence-corrected chi connectivity index (χ0v) is 9.56. The summed E-state index contributed by atoms with van der Waals surface area (Å²) in [6, 6.07) is 4.77. The van der Waals surface area contributed by atoms with Crippen molar-refractivity contribution in [3.8, 4) is 0 Å². The molecule has 1 saturated heterocycles. The Morgan fingerprint density at radius 1 is 1.40 bits per heavy atom. The SMILES string of the molecule is Cc1cc(Cl)cc2c1NC1CCNCC21. The third-order valence-corrected chi connectivity index (χ3v) is 3.76. The largest absolute Gasteiger partial charge is 0.381 e. The highest BCUT2D eigenvalue weighted by Gasteiger charge is 2.34. The van der Waals surface area contributed by atoms with Gasteiger partial charge in [0.05, 0.1) is 0 Å². The van der Waals surface area contributed by atoms with Crippen molar-refractivity contribution >= 4 is 17.3 Å². The molecule has 0 spiro atoms. The first-order valence-corrected chi connectivity index (χ1v) is 5.91. The molecule has 2 N–H and O–H groups in total. The lowest BCUT2D eigenvalue weighted by atomic mass is 9.90. The Morgan fingerprint density at radius 3 is 3.13 bits per heavy atom. The zero-order chi connectivity index (χ0) is 10.4. The lowest BCUT2D eigenvalue weighted by Gasteiger charge is -2.26. The molecule has 1 aromatic rings. The van der Waals surface area contributed by atoms with E-state index in [-0.39, 0.29) is 0 Å². The number of benzene rings is 1. The predicted molar refractivity (Wildman–Crippen MR) is 63.8 cm³/mol. The van der Waals surface area contributed by atoms with E-state index in [1.54, 1.807) is 0 Å². The molecule has 2 atom stereocenters. The van der Waals surface area contributed by atoms with Crippen LogP contribution in [0.25, 0.3) is 0 Å². The van der Waals surface area contributed by atoms with E-state index in [4.69, 9.17) is 11.6 Å². The molecule has 0 bridgehead atoms. The van der Waals surface area contributed by atoms with Gasteiger partial charge >= 0.3 is 0 Å². The van der Waals surface area contributed by atoms with Gasteiger partial charge in [0, 0.05) is 29.2 Å². The minimum absolute atomic E-state index is 0.603. The van der Waals surface area contributed by atoms with Gasteiger partial charge in [-0.2, -0.15) is 0 Å². The van der Waals surface area contributed by atoms with Gasteiger partial charge < -0.3 is 10.6 Å². The molecule has 2 aliphatic rings. The Bertz CT molecular complexity index is 403. The molecule has 2 nitrogen and oxygen atoms in total. The number of fused-ring (bicyclic) bond motifs is 3. The minimum atomic E-state index is 0.603. The molecular weight excluding hydrogens is 208 g/mol. The minimum Gasteiger partial charge on any atom is -0.381 e. The quantitative estimate of drug-likeness (QED) is 0.705. The van der Waals surface area contributed by atoms with Crippen molar-refractivity contribution < 1.29 is 0 Å². The monoisotopic (exact) mass is 222 g/mol. The summed E-state index contributed by atoms with van der Waals surface area (Å²) in [5.41, 5.74) is 3.99. The molecule has 0 aliphatic carbocycles. The molecule has 0 saturated carbocycles. The van der Waals surface area contributed by atoms with Crippen LogP contribution in [-0.4, -0.2) is 19.1 Å². The van der Waals surface area contributed by atoms with Crippen molar-refractivity contribution in [2.75, 3.05) is 18.4 Å². The third-order valence-electron chi connectivity index (χ3n) is 3.54. The Kier molecular flexibility index (Phi) is 2.15. The van der Waals surface area contributed by atoms with Gasteiger partial charge in [-0.1, -0.05) is 11.6 Å². The van der Waals surface area contributed by atoms with Crippen LogP contribution < -0.4 is 10.6 Å². The molecule has 15 heavy (non-hydrogen) atoms. The van der Waals surface area contributed by atoms with Crippen molar-refractivity contribution in [1.82, 2.24) is 5.32 Å². The Balaban J connectivity index is 2.08. The summed E-state index contributed by atoms with van der Waals surface area (Å²) in [4.78, 5) is 0. The second-order valence-corrected chi connectivity index (χ2v) is 4.97. The first kappa shape index (κ1) is 9.49. The fourth-order valence-electron chi connectivity index (χ4n) is 2.80. The maximum atomic E-state index is 6.11. The van der Waals surface area contributed by atoms with E-state index >= 15 is 0 Å². The molecule has 80 valence electrons. The summed E-state index contributed by atoms with van der Waals surface area (Å²) in [6.45, 7) is 4.32. The van der Waals surface area contributed by atoms with Crippen LogP contribution in [-0.2, 0) is 0 Å². The fourth-order valence-corrected chi connectivity index (χ4v) is 3.08. The highest BCUT2D eigenvalue weighted by molar-refractivity contribution is 6.30. The number of anilines is 1. The summed E-state index contributed by atoms with van der Waals surface area (Å²) < 4.78 is 0. The van der Waals surface area contributed by atoms with E-state index in [2.05, 4.69) is 23.6 Å². The van der Waals surface area contributed by atoms with E-state index in [0.29, 0.717) is 12.0 Å². The summed E-state index contributed by atoms with van der Waals surface area (Å²) in [5, 5.41) is 7.95. The standard InChI is InChI=1S/C12H15ClN2/c1-7-4-8(13)5-9-10-6-14-3-2-11(10)15-12(7)9/h4-5,10-11,14-15H,2-3,6H2,1H3. The molecule has 0 amide bonds. The molecule has 1 aromatic carbocycles. The first-order valence-electron chi connectivity index (χ1n) is 5.53. The van der Waals surface area contributed by atoms with E-state index < -0.39 is 0 Å². The Morgan fingerprint density at radius 2 is 2.27 bits per heavy atom. The van der Waals surface area contributed by atoms with E-state index in [1.165, 1.54) is 23.2 Å². The number of rotatable bonds is 0. The Hall–Kier alpha value is -0.730. The molecule has 2 heterocycles. The summed E-state index contributed by atoms with van der Waals surface area (Å²) in [7, 11) is 0. The zero-order valence-electron chi connectivity index (χ0n) is 8.81. The lowest BCUT2D eigenvalue weighted by molar-refractivity contribution is 0.440. The summed E-state index contributed by atoms with van der Waals surface area (Å²) >= 11 is 6.11. The van der Waals surface area contributed by atoms with Gasteiger partial charge in [-0.25, -0.2) is 0 Å². The highest BCUT2D eigenvalue weighted by atomic mass is 35.5.